The second-order valence-corrected chi connectivity index (χ2v) is 7.99. The molecule has 1 aliphatic heterocycles. The molecule has 29 heavy (non-hydrogen) atoms. The fourth-order valence-corrected chi connectivity index (χ4v) is 4.09. The van der Waals surface area contributed by atoms with Crippen LogP contribution >= 0.6 is 22.9 Å². The quantitative estimate of drug-likeness (QED) is 0.671. The molecule has 3 aromatic rings. The third-order valence-corrected chi connectivity index (χ3v) is 5.79. The lowest BCUT2D eigenvalue weighted by atomic mass is 10.1. The van der Waals surface area contributed by atoms with Gasteiger partial charge in [0.05, 0.1) is 0 Å². The second-order valence-electron chi connectivity index (χ2n) is 6.57. The summed E-state index contributed by atoms with van der Waals surface area (Å²) in [6.45, 7) is 0.473. The van der Waals surface area contributed by atoms with Gasteiger partial charge in [-0.1, -0.05) is 35.1 Å². The van der Waals surface area contributed by atoms with E-state index >= 15 is 0 Å². The fourth-order valence-electron chi connectivity index (χ4n) is 3.21. The number of nitrogens with zero attached hydrogens (tertiary/aromatic N) is 3. The Kier molecular flexibility index (Phi) is 5.55. The van der Waals surface area contributed by atoms with Gasteiger partial charge in [0.1, 0.15) is 16.9 Å². The van der Waals surface area contributed by atoms with Gasteiger partial charge in [0.2, 0.25) is 11.0 Å². The molecule has 1 aromatic heterocycles. The maximum Gasteiger partial charge on any atom is 0.254 e. The van der Waals surface area contributed by atoms with Gasteiger partial charge in [-0.05, 0) is 49.2 Å². The Balaban J connectivity index is 1.45. The van der Waals surface area contributed by atoms with Crippen molar-refractivity contribution in [3.63, 3.8) is 0 Å². The minimum absolute atomic E-state index is 0.290. The average molecular weight is 431 g/mol. The Bertz CT molecular complexity index is 1040. The van der Waals surface area contributed by atoms with Crippen LogP contribution in [0, 0.1) is 5.82 Å². The monoisotopic (exact) mass is 430 g/mol. The number of amides is 2. The molecule has 1 aliphatic rings. The number of rotatable bonds is 4. The summed E-state index contributed by atoms with van der Waals surface area (Å²) in [5.74, 6) is -1.01. The number of benzene rings is 2. The largest absolute Gasteiger partial charge is 0.327 e. The smallest absolute Gasteiger partial charge is 0.254 e. The van der Waals surface area contributed by atoms with Crippen LogP contribution in [0.5, 0.6) is 0 Å². The van der Waals surface area contributed by atoms with Crippen LogP contribution in [0.15, 0.2) is 48.5 Å². The molecule has 1 N–H and O–H groups in total. The molecule has 1 unspecified atom stereocenters. The molecule has 0 bridgehead atoms. The van der Waals surface area contributed by atoms with Crippen molar-refractivity contribution in [2.24, 2.45) is 0 Å². The van der Waals surface area contributed by atoms with E-state index in [1.54, 1.807) is 12.1 Å². The maximum absolute atomic E-state index is 13.1. The molecule has 2 amide bonds. The van der Waals surface area contributed by atoms with E-state index in [1.807, 2.05) is 12.1 Å². The van der Waals surface area contributed by atoms with Crippen molar-refractivity contribution in [1.29, 1.82) is 0 Å². The lowest BCUT2D eigenvalue weighted by molar-refractivity contribution is -0.119. The van der Waals surface area contributed by atoms with Gasteiger partial charge in [-0.2, -0.15) is 0 Å². The molecule has 148 valence electrons. The van der Waals surface area contributed by atoms with Gasteiger partial charge in [-0.25, -0.2) is 4.39 Å². The van der Waals surface area contributed by atoms with Gasteiger partial charge in [0.15, 0.2) is 0 Å². The molecule has 9 heteroatoms. The minimum atomic E-state index is -0.601. The Morgan fingerprint density at radius 1 is 1.10 bits per heavy atom. The van der Waals surface area contributed by atoms with Gasteiger partial charge in [0, 0.05) is 22.7 Å². The highest BCUT2D eigenvalue weighted by molar-refractivity contribution is 7.18. The van der Waals surface area contributed by atoms with E-state index in [1.165, 1.54) is 40.5 Å². The zero-order valence-electron chi connectivity index (χ0n) is 15.1. The average Bonchev–Trinajstić information content (AvgIpc) is 3.38. The lowest BCUT2D eigenvalue weighted by Gasteiger charge is -2.23. The Hall–Kier alpha value is -2.84. The highest BCUT2D eigenvalue weighted by Gasteiger charge is 2.35. The van der Waals surface area contributed by atoms with Crippen LogP contribution in [-0.4, -0.2) is 39.5 Å². The molecule has 0 aliphatic carbocycles. The summed E-state index contributed by atoms with van der Waals surface area (Å²) < 4.78 is 13.1. The topological polar surface area (TPSA) is 75.2 Å². The molecule has 1 atom stereocenters. The number of hydrogen-bond acceptors (Lipinski definition) is 5. The van der Waals surface area contributed by atoms with Crippen LogP contribution in [0.3, 0.4) is 0 Å². The fraction of sp³-hybridized carbons (Fsp3) is 0.200. The van der Waals surface area contributed by atoms with Crippen molar-refractivity contribution in [2.45, 2.75) is 18.9 Å². The van der Waals surface area contributed by atoms with Crippen LogP contribution in [0.1, 0.15) is 23.2 Å². The van der Waals surface area contributed by atoms with Gasteiger partial charge in [-0.3, -0.25) is 14.9 Å². The van der Waals surface area contributed by atoms with Crippen LogP contribution in [-0.2, 0) is 4.79 Å². The number of anilines is 1. The van der Waals surface area contributed by atoms with Gasteiger partial charge < -0.3 is 4.90 Å². The number of aromatic nitrogens is 2. The number of carbonyl (C=O) groups is 2. The molecule has 0 radical (unpaired) electrons. The summed E-state index contributed by atoms with van der Waals surface area (Å²) in [6, 6.07) is 11.9. The number of halogens is 2. The van der Waals surface area contributed by atoms with Crippen molar-refractivity contribution in [3.05, 3.63) is 64.9 Å². The SMILES string of the molecule is O=C(Nc1nnc(-c2ccc(Cl)cc2)s1)C1CCCN1C(=O)c1ccc(F)cc1. The van der Waals surface area contributed by atoms with Crippen molar-refractivity contribution in [1.82, 2.24) is 15.1 Å². The molecular formula is C20H16ClFN4O2S. The molecule has 4 rings (SSSR count). The zero-order chi connectivity index (χ0) is 20.4. The maximum atomic E-state index is 13.1. The second kappa shape index (κ2) is 8.26. The van der Waals surface area contributed by atoms with Crippen molar-refractivity contribution < 1.29 is 14.0 Å². The Labute approximate surface area is 175 Å². The summed E-state index contributed by atoms with van der Waals surface area (Å²) in [7, 11) is 0. The van der Waals surface area contributed by atoms with Gasteiger partial charge >= 0.3 is 0 Å². The Morgan fingerprint density at radius 3 is 2.55 bits per heavy atom. The number of nitrogens with one attached hydrogen (secondary N) is 1. The molecule has 0 spiro atoms. The predicted molar refractivity (Wildman–Crippen MR) is 109 cm³/mol. The molecule has 1 saturated heterocycles. The zero-order valence-corrected chi connectivity index (χ0v) is 16.7. The normalized spacial score (nSPS) is 16.1. The third-order valence-electron chi connectivity index (χ3n) is 4.65. The Morgan fingerprint density at radius 2 is 1.83 bits per heavy atom. The minimum Gasteiger partial charge on any atom is -0.327 e. The van der Waals surface area contributed by atoms with Crippen LogP contribution in [0.2, 0.25) is 5.02 Å². The standard InChI is InChI=1S/C20H16ClFN4O2S/c21-14-7-3-12(4-8-14)18-24-25-20(29-18)23-17(27)16-2-1-11-26(16)19(28)13-5-9-15(22)10-6-13/h3-10,16H,1-2,11H2,(H,23,25,27). The van der Waals surface area contributed by atoms with E-state index in [4.69, 9.17) is 11.6 Å². The van der Waals surface area contributed by atoms with Gasteiger partial charge in [-0.15, -0.1) is 10.2 Å². The van der Waals surface area contributed by atoms with Crippen molar-refractivity contribution in [2.75, 3.05) is 11.9 Å². The van der Waals surface area contributed by atoms with Gasteiger partial charge in [0.25, 0.3) is 5.91 Å². The summed E-state index contributed by atoms with van der Waals surface area (Å²) in [5.41, 5.74) is 1.20. The highest BCUT2D eigenvalue weighted by Crippen LogP contribution is 2.28. The summed E-state index contributed by atoms with van der Waals surface area (Å²) >= 11 is 7.14. The first-order chi connectivity index (χ1) is 14.0. The van der Waals surface area contributed by atoms with E-state index in [0.717, 1.165) is 12.0 Å². The van der Waals surface area contributed by atoms with Crippen LogP contribution in [0.25, 0.3) is 10.6 Å². The van der Waals surface area contributed by atoms with E-state index in [-0.39, 0.29) is 11.8 Å². The highest BCUT2D eigenvalue weighted by atomic mass is 35.5. The number of likely N-dealkylation sites (tertiary alicyclic amines) is 1. The van der Waals surface area contributed by atoms with E-state index < -0.39 is 11.9 Å². The lowest BCUT2D eigenvalue weighted by Crippen LogP contribution is -2.43. The molecular weight excluding hydrogens is 415 g/mol. The first kappa shape index (κ1) is 19.5. The molecule has 2 heterocycles. The molecule has 6 nitrogen and oxygen atoms in total. The molecule has 1 fully saturated rings. The van der Waals surface area contributed by atoms with Crippen molar-refractivity contribution >= 4 is 39.9 Å². The van der Waals surface area contributed by atoms with Crippen molar-refractivity contribution in [3.8, 4) is 10.6 Å². The van der Waals surface area contributed by atoms with E-state index in [9.17, 15) is 14.0 Å². The summed E-state index contributed by atoms with van der Waals surface area (Å²) in [6.07, 6.45) is 1.28. The predicted octanol–water partition coefficient (Wildman–Crippen LogP) is 4.24. The van der Waals surface area contributed by atoms with E-state index in [2.05, 4.69) is 15.5 Å². The van der Waals surface area contributed by atoms with Crippen LogP contribution in [0.4, 0.5) is 9.52 Å². The third kappa shape index (κ3) is 4.28. The number of hydrogen-bond donors (Lipinski definition) is 1. The summed E-state index contributed by atoms with van der Waals surface area (Å²) in [5, 5.41) is 12.5. The first-order valence-corrected chi connectivity index (χ1v) is 10.2. The van der Waals surface area contributed by atoms with Crippen LogP contribution < -0.4 is 5.32 Å². The number of carbonyl (C=O) groups excluding carboxylic acids is 2. The first-order valence-electron chi connectivity index (χ1n) is 8.98. The molecule has 0 saturated carbocycles. The molecule has 2 aromatic carbocycles. The van der Waals surface area contributed by atoms with E-state index in [0.29, 0.717) is 33.7 Å². The summed E-state index contributed by atoms with van der Waals surface area (Å²) in [4.78, 5) is 27.0.